The molecule has 0 saturated carbocycles. The summed E-state index contributed by atoms with van der Waals surface area (Å²) in [5, 5.41) is 11.2. The number of rotatable bonds is 6. The first-order chi connectivity index (χ1) is 8.00. The molecule has 1 aromatic rings. The Labute approximate surface area is 106 Å². The van der Waals surface area contributed by atoms with Crippen molar-refractivity contribution in [3.8, 4) is 0 Å². The summed E-state index contributed by atoms with van der Waals surface area (Å²) in [5.74, 6) is 0.565. The molecule has 0 amide bonds. The van der Waals surface area contributed by atoms with Gasteiger partial charge in [0.1, 0.15) is 0 Å². The predicted molar refractivity (Wildman–Crippen MR) is 67.2 cm³/mol. The molecule has 4 nitrogen and oxygen atoms in total. The maximum absolute atomic E-state index is 10.8. The third-order valence-electron chi connectivity index (χ3n) is 2.34. The molecule has 94 valence electrons. The Bertz CT molecular complexity index is 393. The van der Waals surface area contributed by atoms with E-state index < -0.39 is 4.92 Å². The van der Waals surface area contributed by atoms with Gasteiger partial charge in [0.15, 0.2) is 0 Å². The molecule has 0 atom stereocenters. The van der Waals surface area contributed by atoms with Gasteiger partial charge in [0.25, 0.3) is 5.69 Å². The molecule has 0 aromatic heterocycles. The number of hydrogen-bond acceptors (Lipinski definition) is 3. The maximum atomic E-state index is 10.8. The molecular formula is C12H16ClNO3. The topological polar surface area (TPSA) is 52.4 Å². The van der Waals surface area contributed by atoms with Gasteiger partial charge in [-0.25, -0.2) is 0 Å². The van der Waals surface area contributed by atoms with Crippen molar-refractivity contribution in [1.82, 2.24) is 0 Å². The van der Waals surface area contributed by atoms with Crippen LogP contribution in [0.4, 0.5) is 5.69 Å². The number of ether oxygens (including phenoxy) is 1. The summed E-state index contributed by atoms with van der Waals surface area (Å²) >= 11 is 5.72. The molecule has 17 heavy (non-hydrogen) atoms. The Kier molecular flexibility index (Phi) is 5.38. The number of halogens is 1. The highest BCUT2D eigenvalue weighted by Gasteiger charge is 2.14. The molecule has 0 aliphatic rings. The van der Waals surface area contributed by atoms with Crippen molar-refractivity contribution < 1.29 is 9.66 Å². The summed E-state index contributed by atoms with van der Waals surface area (Å²) in [6.45, 7) is 5.07. The van der Waals surface area contributed by atoms with Crippen molar-refractivity contribution in [2.24, 2.45) is 5.92 Å². The fourth-order valence-electron chi connectivity index (χ4n) is 1.33. The molecule has 0 bridgehead atoms. The monoisotopic (exact) mass is 257 g/mol. The van der Waals surface area contributed by atoms with Gasteiger partial charge in [0.05, 0.1) is 17.1 Å². The zero-order valence-corrected chi connectivity index (χ0v) is 10.7. The van der Waals surface area contributed by atoms with Crippen LogP contribution in [0.25, 0.3) is 0 Å². The fourth-order valence-corrected chi connectivity index (χ4v) is 1.50. The lowest BCUT2D eigenvalue weighted by atomic mass is 10.1. The number of nitrogens with zero attached hydrogens (tertiary/aromatic N) is 1. The van der Waals surface area contributed by atoms with Crippen LogP contribution in [-0.2, 0) is 11.3 Å². The van der Waals surface area contributed by atoms with Crippen molar-refractivity contribution in [2.75, 3.05) is 6.61 Å². The Morgan fingerprint density at radius 2 is 2.18 bits per heavy atom. The molecule has 0 aliphatic carbocycles. The average Bonchev–Trinajstić information content (AvgIpc) is 2.25. The van der Waals surface area contributed by atoms with E-state index >= 15 is 0 Å². The van der Waals surface area contributed by atoms with E-state index in [1.54, 1.807) is 12.1 Å². The summed E-state index contributed by atoms with van der Waals surface area (Å²) in [4.78, 5) is 10.4. The van der Waals surface area contributed by atoms with Crippen molar-refractivity contribution in [3.63, 3.8) is 0 Å². The summed E-state index contributed by atoms with van der Waals surface area (Å²) in [6, 6.07) is 4.62. The summed E-state index contributed by atoms with van der Waals surface area (Å²) in [5.41, 5.74) is 0.574. The molecule has 0 radical (unpaired) electrons. The molecule has 0 heterocycles. The van der Waals surface area contributed by atoms with E-state index in [0.717, 1.165) is 6.42 Å². The van der Waals surface area contributed by atoms with Crippen LogP contribution in [0.5, 0.6) is 0 Å². The van der Waals surface area contributed by atoms with E-state index in [4.69, 9.17) is 16.3 Å². The lowest BCUT2D eigenvalue weighted by Crippen LogP contribution is -2.02. The number of benzene rings is 1. The van der Waals surface area contributed by atoms with Crippen LogP contribution in [0, 0.1) is 16.0 Å². The minimum atomic E-state index is -0.437. The Morgan fingerprint density at radius 3 is 2.76 bits per heavy atom. The molecule has 0 saturated heterocycles. The Morgan fingerprint density at radius 1 is 1.47 bits per heavy atom. The van der Waals surface area contributed by atoms with Crippen molar-refractivity contribution in [3.05, 3.63) is 38.9 Å². The van der Waals surface area contributed by atoms with Gasteiger partial charge in [-0.3, -0.25) is 10.1 Å². The minimum Gasteiger partial charge on any atom is -0.376 e. The first-order valence-electron chi connectivity index (χ1n) is 5.51. The van der Waals surface area contributed by atoms with Gasteiger partial charge in [0.2, 0.25) is 0 Å². The second-order valence-corrected chi connectivity index (χ2v) is 4.70. The lowest BCUT2D eigenvalue weighted by Gasteiger charge is -2.07. The van der Waals surface area contributed by atoms with Crippen molar-refractivity contribution in [1.29, 1.82) is 0 Å². The van der Waals surface area contributed by atoms with Gasteiger partial charge in [0, 0.05) is 17.7 Å². The van der Waals surface area contributed by atoms with E-state index in [2.05, 4.69) is 13.8 Å². The predicted octanol–water partition coefficient (Wildman–Crippen LogP) is 3.81. The van der Waals surface area contributed by atoms with Gasteiger partial charge in [-0.15, -0.1) is 0 Å². The quantitative estimate of drug-likeness (QED) is 0.442. The zero-order chi connectivity index (χ0) is 12.8. The largest absolute Gasteiger partial charge is 0.376 e. The number of hydrogen-bond donors (Lipinski definition) is 0. The zero-order valence-electron chi connectivity index (χ0n) is 9.98. The smallest absolute Gasteiger partial charge is 0.276 e. The van der Waals surface area contributed by atoms with Gasteiger partial charge in [-0.2, -0.15) is 0 Å². The van der Waals surface area contributed by atoms with E-state index in [-0.39, 0.29) is 12.3 Å². The third kappa shape index (κ3) is 4.71. The maximum Gasteiger partial charge on any atom is 0.276 e. The number of nitro benzene ring substituents is 1. The average molecular weight is 258 g/mol. The minimum absolute atomic E-state index is 0.0158. The molecule has 0 aliphatic heterocycles. The van der Waals surface area contributed by atoms with E-state index in [9.17, 15) is 10.1 Å². The standard InChI is InChI=1S/C12H16ClNO3/c1-9(2)5-6-17-8-10-3-4-11(13)7-12(10)14(15)16/h3-4,7,9H,5-6,8H2,1-2H3. The molecule has 0 fully saturated rings. The van der Waals surface area contributed by atoms with Gasteiger partial charge < -0.3 is 4.74 Å². The van der Waals surface area contributed by atoms with E-state index in [1.807, 2.05) is 0 Å². The van der Waals surface area contributed by atoms with Crippen LogP contribution in [0.15, 0.2) is 18.2 Å². The van der Waals surface area contributed by atoms with Crippen molar-refractivity contribution in [2.45, 2.75) is 26.9 Å². The summed E-state index contributed by atoms with van der Waals surface area (Å²) in [6.07, 6.45) is 0.946. The van der Waals surface area contributed by atoms with Crippen LogP contribution in [0.2, 0.25) is 5.02 Å². The van der Waals surface area contributed by atoms with Crippen LogP contribution in [0.3, 0.4) is 0 Å². The Hall–Kier alpha value is -1.13. The fraction of sp³-hybridized carbons (Fsp3) is 0.500. The van der Waals surface area contributed by atoms with Gasteiger partial charge in [-0.05, 0) is 24.5 Å². The van der Waals surface area contributed by atoms with Gasteiger partial charge >= 0.3 is 0 Å². The molecular weight excluding hydrogens is 242 g/mol. The molecule has 1 rings (SSSR count). The molecule has 1 aromatic carbocycles. The van der Waals surface area contributed by atoms with Crippen LogP contribution >= 0.6 is 11.6 Å². The lowest BCUT2D eigenvalue weighted by molar-refractivity contribution is -0.385. The normalized spacial score (nSPS) is 10.8. The van der Waals surface area contributed by atoms with Crippen LogP contribution in [-0.4, -0.2) is 11.5 Å². The first kappa shape index (κ1) is 13.9. The van der Waals surface area contributed by atoms with Crippen LogP contribution < -0.4 is 0 Å². The second-order valence-electron chi connectivity index (χ2n) is 4.27. The van der Waals surface area contributed by atoms with Crippen LogP contribution in [0.1, 0.15) is 25.8 Å². The van der Waals surface area contributed by atoms with E-state index in [1.165, 1.54) is 6.07 Å². The highest BCUT2D eigenvalue weighted by molar-refractivity contribution is 6.30. The second kappa shape index (κ2) is 6.57. The molecule has 0 N–H and O–H groups in total. The molecule has 0 unspecified atom stereocenters. The third-order valence-corrected chi connectivity index (χ3v) is 2.58. The first-order valence-corrected chi connectivity index (χ1v) is 5.89. The highest BCUT2D eigenvalue weighted by Crippen LogP contribution is 2.23. The van der Waals surface area contributed by atoms with Gasteiger partial charge in [-0.1, -0.05) is 25.4 Å². The SMILES string of the molecule is CC(C)CCOCc1ccc(Cl)cc1[N+](=O)[O-]. The Balaban J connectivity index is 2.61. The number of nitro groups is 1. The van der Waals surface area contributed by atoms with E-state index in [0.29, 0.717) is 23.1 Å². The van der Waals surface area contributed by atoms with Crippen molar-refractivity contribution >= 4 is 17.3 Å². The molecule has 0 spiro atoms. The highest BCUT2D eigenvalue weighted by atomic mass is 35.5. The summed E-state index contributed by atoms with van der Waals surface area (Å²) < 4.78 is 5.41. The molecule has 5 heteroatoms. The summed E-state index contributed by atoms with van der Waals surface area (Å²) in [7, 11) is 0.